The Hall–Kier alpha value is -1.55. The van der Waals surface area contributed by atoms with Crippen molar-refractivity contribution in [3.63, 3.8) is 0 Å². The highest BCUT2D eigenvalue weighted by molar-refractivity contribution is 6.31. The third-order valence-electron chi connectivity index (χ3n) is 2.65. The SMILES string of the molecule is CC(C)Cc1nc(-c2cc(Cl)ccc2N)n(C)n1. The fraction of sp³-hybridized carbons (Fsp3) is 0.385. The molecule has 0 aliphatic heterocycles. The predicted molar refractivity (Wildman–Crippen MR) is 74.4 cm³/mol. The Morgan fingerprint density at radius 3 is 2.78 bits per heavy atom. The molecule has 5 heteroatoms. The molecule has 0 saturated heterocycles. The molecule has 0 unspecified atom stereocenters. The molecule has 0 radical (unpaired) electrons. The van der Waals surface area contributed by atoms with E-state index in [-0.39, 0.29) is 0 Å². The van der Waals surface area contributed by atoms with Crippen LogP contribution in [0.2, 0.25) is 5.02 Å². The van der Waals surface area contributed by atoms with Crippen molar-refractivity contribution in [2.45, 2.75) is 20.3 Å². The molecule has 0 aliphatic rings. The van der Waals surface area contributed by atoms with Gasteiger partial charge in [0.15, 0.2) is 11.6 Å². The second kappa shape index (κ2) is 4.98. The van der Waals surface area contributed by atoms with E-state index in [4.69, 9.17) is 17.3 Å². The summed E-state index contributed by atoms with van der Waals surface area (Å²) in [5.74, 6) is 2.12. The summed E-state index contributed by atoms with van der Waals surface area (Å²) in [5, 5.41) is 5.05. The van der Waals surface area contributed by atoms with Crippen molar-refractivity contribution in [2.75, 3.05) is 5.73 Å². The maximum atomic E-state index is 6.00. The summed E-state index contributed by atoms with van der Waals surface area (Å²) in [6, 6.07) is 5.38. The molecule has 0 aliphatic carbocycles. The third-order valence-corrected chi connectivity index (χ3v) is 2.89. The molecule has 18 heavy (non-hydrogen) atoms. The number of aryl methyl sites for hydroxylation is 1. The number of rotatable bonds is 3. The van der Waals surface area contributed by atoms with Crippen LogP contribution in [0, 0.1) is 5.92 Å². The predicted octanol–water partition coefficient (Wildman–Crippen LogP) is 2.92. The Bertz CT molecular complexity index is 560. The molecule has 96 valence electrons. The lowest BCUT2D eigenvalue weighted by molar-refractivity contribution is 0.613. The minimum atomic E-state index is 0.525. The number of anilines is 1. The van der Waals surface area contributed by atoms with E-state index in [9.17, 15) is 0 Å². The molecule has 2 rings (SSSR count). The molecule has 1 aromatic heterocycles. The number of aromatic nitrogens is 3. The molecule has 0 spiro atoms. The highest BCUT2D eigenvalue weighted by Crippen LogP contribution is 2.27. The molecule has 2 aromatic rings. The number of nitrogens with zero attached hydrogens (tertiary/aromatic N) is 3. The zero-order valence-electron chi connectivity index (χ0n) is 10.8. The number of nitrogen functional groups attached to an aromatic ring is 1. The van der Waals surface area contributed by atoms with Gasteiger partial charge in [-0.3, -0.25) is 0 Å². The normalized spacial score (nSPS) is 11.2. The summed E-state index contributed by atoms with van der Waals surface area (Å²) in [4.78, 5) is 4.54. The minimum absolute atomic E-state index is 0.525. The van der Waals surface area contributed by atoms with Crippen LogP contribution >= 0.6 is 11.6 Å². The largest absolute Gasteiger partial charge is 0.398 e. The summed E-state index contributed by atoms with van der Waals surface area (Å²) in [5.41, 5.74) is 7.45. The van der Waals surface area contributed by atoms with Gasteiger partial charge in [-0.05, 0) is 24.1 Å². The maximum Gasteiger partial charge on any atom is 0.160 e. The average Bonchev–Trinajstić information content (AvgIpc) is 2.62. The van der Waals surface area contributed by atoms with Crippen LogP contribution in [0.1, 0.15) is 19.7 Å². The van der Waals surface area contributed by atoms with Crippen molar-refractivity contribution in [3.8, 4) is 11.4 Å². The number of hydrogen-bond acceptors (Lipinski definition) is 3. The van der Waals surface area contributed by atoms with E-state index in [1.165, 1.54) is 0 Å². The molecule has 2 N–H and O–H groups in total. The van der Waals surface area contributed by atoms with Gasteiger partial charge in [0.1, 0.15) is 0 Å². The van der Waals surface area contributed by atoms with E-state index < -0.39 is 0 Å². The van der Waals surface area contributed by atoms with Crippen molar-refractivity contribution in [2.24, 2.45) is 13.0 Å². The first-order valence-corrected chi connectivity index (χ1v) is 6.30. The summed E-state index contributed by atoms with van der Waals surface area (Å²) in [6.07, 6.45) is 0.855. The molecule has 4 nitrogen and oxygen atoms in total. The van der Waals surface area contributed by atoms with Gasteiger partial charge in [0, 0.05) is 29.7 Å². The van der Waals surface area contributed by atoms with Gasteiger partial charge in [-0.25, -0.2) is 9.67 Å². The quantitative estimate of drug-likeness (QED) is 0.868. The van der Waals surface area contributed by atoms with Gasteiger partial charge in [-0.15, -0.1) is 0 Å². The standard InChI is InChI=1S/C13H17ClN4/c1-8(2)6-12-16-13(18(3)17-12)10-7-9(14)4-5-11(10)15/h4-5,7-8H,6,15H2,1-3H3. The summed E-state index contributed by atoms with van der Waals surface area (Å²) in [7, 11) is 1.87. The molecule has 0 amide bonds. The maximum absolute atomic E-state index is 6.00. The summed E-state index contributed by atoms with van der Waals surface area (Å²) in [6.45, 7) is 4.29. The lowest BCUT2D eigenvalue weighted by Crippen LogP contribution is -1.98. The van der Waals surface area contributed by atoms with Gasteiger partial charge >= 0.3 is 0 Å². The topological polar surface area (TPSA) is 56.7 Å². The van der Waals surface area contributed by atoms with Crippen molar-refractivity contribution in [1.82, 2.24) is 14.8 Å². The Morgan fingerprint density at radius 1 is 1.39 bits per heavy atom. The second-order valence-corrected chi connectivity index (χ2v) is 5.24. The monoisotopic (exact) mass is 264 g/mol. The highest BCUT2D eigenvalue weighted by Gasteiger charge is 2.13. The molecule has 0 atom stereocenters. The van der Waals surface area contributed by atoms with Crippen molar-refractivity contribution in [3.05, 3.63) is 29.0 Å². The molecular weight excluding hydrogens is 248 g/mol. The lowest BCUT2D eigenvalue weighted by Gasteiger charge is -2.04. The number of benzene rings is 1. The number of halogens is 1. The van der Waals surface area contributed by atoms with Gasteiger partial charge in [0.25, 0.3) is 0 Å². The van der Waals surface area contributed by atoms with Crippen LogP contribution in [0.5, 0.6) is 0 Å². The summed E-state index contributed by atoms with van der Waals surface area (Å²) >= 11 is 6.00. The van der Waals surface area contributed by atoms with Gasteiger partial charge < -0.3 is 5.73 Å². The third kappa shape index (κ3) is 2.64. The molecule has 0 bridgehead atoms. The zero-order chi connectivity index (χ0) is 13.3. The second-order valence-electron chi connectivity index (χ2n) is 4.80. The van der Waals surface area contributed by atoms with Gasteiger partial charge in [0.2, 0.25) is 0 Å². The van der Waals surface area contributed by atoms with E-state index in [2.05, 4.69) is 23.9 Å². The fourth-order valence-electron chi connectivity index (χ4n) is 1.85. The van der Waals surface area contributed by atoms with Crippen LogP contribution in [-0.2, 0) is 13.5 Å². The van der Waals surface area contributed by atoms with Crippen molar-refractivity contribution in [1.29, 1.82) is 0 Å². The van der Waals surface area contributed by atoms with Crippen LogP contribution in [0.3, 0.4) is 0 Å². The summed E-state index contributed by atoms with van der Waals surface area (Å²) < 4.78 is 1.75. The van der Waals surface area contributed by atoms with Gasteiger partial charge in [0.05, 0.1) is 0 Å². The minimum Gasteiger partial charge on any atom is -0.398 e. The highest BCUT2D eigenvalue weighted by atomic mass is 35.5. The first kappa shape index (κ1) is 12.9. The van der Waals surface area contributed by atoms with E-state index >= 15 is 0 Å². The van der Waals surface area contributed by atoms with E-state index in [0.29, 0.717) is 16.6 Å². The first-order valence-electron chi connectivity index (χ1n) is 5.92. The lowest BCUT2D eigenvalue weighted by atomic mass is 10.1. The van der Waals surface area contributed by atoms with Crippen LogP contribution in [0.15, 0.2) is 18.2 Å². The number of nitrogens with two attached hydrogens (primary N) is 1. The van der Waals surface area contributed by atoms with E-state index in [0.717, 1.165) is 23.6 Å². The van der Waals surface area contributed by atoms with E-state index in [1.54, 1.807) is 16.8 Å². The van der Waals surface area contributed by atoms with Crippen LogP contribution in [0.4, 0.5) is 5.69 Å². The Balaban J connectivity index is 2.44. The molecule has 0 fully saturated rings. The van der Waals surface area contributed by atoms with Gasteiger partial charge in [-0.1, -0.05) is 25.4 Å². The molecule has 1 heterocycles. The molecule has 0 saturated carbocycles. The Morgan fingerprint density at radius 2 is 2.11 bits per heavy atom. The number of hydrogen-bond donors (Lipinski definition) is 1. The first-order chi connectivity index (χ1) is 8.47. The van der Waals surface area contributed by atoms with E-state index in [1.807, 2.05) is 13.1 Å². The fourth-order valence-corrected chi connectivity index (χ4v) is 2.02. The average molecular weight is 265 g/mol. The molecule has 1 aromatic carbocycles. The zero-order valence-corrected chi connectivity index (χ0v) is 11.6. The van der Waals surface area contributed by atoms with Crippen molar-refractivity contribution < 1.29 is 0 Å². The van der Waals surface area contributed by atoms with Crippen LogP contribution < -0.4 is 5.73 Å². The van der Waals surface area contributed by atoms with Crippen molar-refractivity contribution >= 4 is 17.3 Å². The smallest absolute Gasteiger partial charge is 0.160 e. The van der Waals surface area contributed by atoms with Crippen LogP contribution in [0.25, 0.3) is 11.4 Å². The Labute approximate surface area is 112 Å². The Kier molecular flexibility index (Phi) is 3.57. The molecular formula is C13H17ClN4. The van der Waals surface area contributed by atoms with Crippen LogP contribution in [-0.4, -0.2) is 14.8 Å². The van der Waals surface area contributed by atoms with Gasteiger partial charge in [-0.2, -0.15) is 5.10 Å².